The lowest BCUT2D eigenvalue weighted by Crippen LogP contribution is -2.48. The van der Waals surface area contributed by atoms with E-state index in [9.17, 15) is 9.59 Å². The highest BCUT2D eigenvalue weighted by Gasteiger charge is 2.36. The fourth-order valence-corrected chi connectivity index (χ4v) is 5.93. The maximum atomic E-state index is 15.8. The van der Waals surface area contributed by atoms with Crippen molar-refractivity contribution in [1.29, 1.82) is 5.41 Å². The summed E-state index contributed by atoms with van der Waals surface area (Å²) in [6.45, 7) is 15.6. The Hall–Kier alpha value is -3.86. The van der Waals surface area contributed by atoms with Crippen molar-refractivity contribution >= 4 is 23.3 Å². The lowest BCUT2D eigenvalue weighted by Gasteiger charge is -2.37. The summed E-state index contributed by atoms with van der Waals surface area (Å²) in [6, 6.07) is 3.74. The quantitative estimate of drug-likeness (QED) is 0.254. The lowest BCUT2D eigenvalue weighted by molar-refractivity contribution is -0.144. The van der Waals surface area contributed by atoms with Gasteiger partial charge in [0.1, 0.15) is 17.3 Å². The first-order chi connectivity index (χ1) is 21.4. The lowest BCUT2D eigenvalue weighted by atomic mass is 9.84. The van der Waals surface area contributed by atoms with Gasteiger partial charge in [0.25, 0.3) is 0 Å². The van der Waals surface area contributed by atoms with Crippen molar-refractivity contribution in [2.75, 3.05) is 77.6 Å². The fourth-order valence-electron chi connectivity index (χ4n) is 5.93. The van der Waals surface area contributed by atoms with E-state index >= 15 is 4.39 Å². The zero-order chi connectivity index (χ0) is 32.9. The minimum absolute atomic E-state index is 0.0236. The second kappa shape index (κ2) is 14.5. The number of halogens is 1. The molecule has 1 aromatic rings. The van der Waals surface area contributed by atoms with E-state index in [0.717, 1.165) is 11.3 Å². The molecule has 246 valence electrons. The van der Waals surface area contributed by atoms with Crippen LogP contribution >= 0.6 is 0 Å². The Labute approximate surface area is 265 Å². The number of amidine groups is 1. The number of hydrogen-bond donors (Lipinski definition) is 1. The van der Waals surface area contributed by atoms with E-state index < -0.39 is 5.83 Å². The highest BCUT2D eigenvalue weighted by atomic mass is 19.1. The van der Waals surface area contributed by atoms with E-state index in [0.29, 0.717) is 68.5 Å². The highest BCUT2D eigenvalue weighted by molar-refractivity contribution is 6.08. The molecule has 0 bridgehead atoms. The number of Topliss-reactive ketones (excluding diaryl/α,β-unsaturated/α-hetero) is 1. The molecule has 0 aromatic heterocycles. The first kappa shape index (κ1) is 34.0. The molecule has 3 aliphatic rings. The molecule has 0 saturated carbocycles. The summed E-state index contributed by atoms with van der Waals surface area (Å²) in [5.41, 5.74) is 2.68. The number of allylic oxidation sites excluding steroid dienone is 2. The molecule has 0 unspecified atom stereocenters. The molecule has 0 amide bonds. The van der Waals surface area contributed by atoms with Gasteiger partial charge in [-0.25, -0.2) is 4.39 Å². The minimum atomic E-state index is -0.632. The van der Waals surface area contributed by atoms with Crippen molar-refractivity contribution in [3.63, 3.8) is 0 Å². The third-order valence-electron chi connectivity index (χ3n) is 8.16. The molecule has 10 nitrogen and oxygen atoms in total. The Morgan fingerprint density at radius 1 is 0.978 bits per heavy atom. The molecular weight excluding hydrogens is 579 g/mol. The Kier molecular flexibility index (Phi) is 11.0. The van der Waals surface area contributed by atoms with E-state index in [2.05, 4.69) is 30.6 Å². The number of nitrogens with one attached hydrogen (secondary N) is 1. The number of carbonyl (C=O) groups excluding carboxylic acids is 2. The number of nitrogens with zero attached hydrogens (tertiary/aromatic N) is 3. The van der Waals surface area contributed by atoms with Crippen LogP contribution in [-0.4, -0.2) is 100 Å². The molecule has 4 rings (SSSR count). The molecule has 0 radical (unpaired) electrons. The van der Waals surface area contributed by atoms with Gasteiger partial charge in [-0.2, -0.15) is 0 Å². The number of rotatable bonds is 12. The second-order valence-electron chi connectivity index (χ2n) is 12.3. The smallest absolute Gasteiger partial charge is 0.320 e. The van der Waals surface area contributed by atoms with Crippen LogP contribution in [0.4, 0.5) is 10.1 Å². The molecule has 2 aliphatic heterocycles. The summed E-state index contributed by atoms with van der Waals surface area (Å²) in [4.78, 5) is 31.8. The van der Waals surface area contributed by atoms with Gasteiger partial charge in [-0.3, -0.25) is 19.9 Å². The standard InChI is InChI=1S/C34H47FN4O6/c1-8-43-27-12-11-22-19-39(33(36)29(22)30(35)32(27)45-10-3)20-26(40)23-17-24(34(4,5)6)31(42-7)25(18-23)38-15-13-37(14-16-38)21-28(41)44-9-2/h11,17-18,36H,8-10,12-16,19-21H2,1-7H3. The van der Waals surface area contributed by atoms with E-state index in [1.807, 2.05) is 25.1 Å². The van der Waals surface area contributed by atoms with Crippen LogP contribution in [0.3, 0.4) is 0 Å². The van der Waals surface area contributed by atoms with Crippen molar-refractivity contribution in [3.05, 3.63) is 57.8 Å². The van der Waals surface area contributed by atoms with Gasteiger partial charge < -0.3 is 28.7 Å². The molecule has 1 aromatic carbocycles. The summed E-state index contributed by atoms with van der Waals surface area (Å²) < 4.78 is 38.2. The molecule has 1 aliphatic carbocycles. The van der Waals surface area contributed by atoms with E-state index in [-0.39, 0.29) is 60.6 Å². The van der Waals surface area contributed by atoms with Crippen molar-refractivity contribution in [3.8, 4) is 5.75 Å². The first-order valence-electron chi connectivity index (χ1n) is 15.7. The molecule has 2 heterocycles. The number of fused-ring (bicyclic) bond motifs is 1. The number of carbonyl (C=O) groups is 2. The third-order valence-corrected chi connectivity index (χ3v) is 8.16. The van der Waals surface area contributed by atoms with Gasteiger partial charge in [-0.15, -0.1) is 0 Å². The average molecular weight is 627 g/mol. The predicted molar refractivity (Wildman–Crippen MR) is 172 cm³/mol. The number of piperazine rings is 1. The largest absolute Gasteiger partial charge is 0.494 e. The Morgan fingerprint density at radius 3 is 2.27 bits per heavy atom. The number of esters is 1. The number of hydrogen-bond acceptors (Lipinski definition) is 9. The van der Waals surface area contributed by atoms with Crippen LogP contribution in [-0.2, 0) is 24.4 Å². The van der Waals surface area contributed by atoms with Crippen LogP contribution < -0.4 is 9.64 Å². The number of ketones is 1. The molecular formula is C34H47FN4O6. The van der Waals surface area contributed by atoms with Gasteiger partial charge in [0.2, 0.25) is 0 Å². The van der Waals surface area contributed by atoms with Crippen LogP contribution in [0.1, 0.15) is 63.9 Å². The molecule has 45 heavy (non-hydrogen) atoms. The van der Waals surface area contributed by atoms with Gasteiger partial charge in [0.05, 0.1) is 51.3 Å². The van der Waals surface area contributed by atoms with Gasteiger partial charge in [0, 0.05) is 50.3 Å². The highest BCUT2D eigenvalue weighted by Crippen LogP contribution is 2.41. The summed E-state index contributed by atoms with van der Waals surface area (Å²) in [6.07, 6.45) is 2.20. The zero-order valence-corrected chi connectivity index (χ0v) is 27.7. The van der Waals surface area contributed by atoms with Gasteiger partial charge in [0.15, 0.2) is 17.4 Å². The molecule has 2 fully saturated rings. The average Bonchev–Trinajstić information content (AvgIpc) is 3.24. The van der Waals surface area contributed by atoms with Crippen LogP contribution in [0.15, 0.2) is 46.7 Å². The molecule has 2 saturated heterocycles. The van der Waals surface area contributed by atoms with Crippen LogP contribution in [0, 0.1) is 5.41 Å². The summed E-state index contributed by atoms with van der Waals surface area (Å²) in [5, 5.41) is 8.86. The van der Waals surface area contributed by atoms with Crippen LogP contribution in [0.25, 0.3) is 0 Å². The van der Waals surface area contributed by atoms with Gasteiger partial charge in [-0.1, -0.05) is 26.8 Å². The molecule has 0 atom stereocenters. The predicted octanol–water partition coefficient (Wildman–Crippen LogP) is 4.99. The van der Waals surface area contributed by atoms with Crippen molar-refractivity contribution in [2.45, 2.75) is 53.4 Å². The Morgan fingerprint density at radius 2 is 1.67 bits per heavy atom. The number of ether oxygens (including phenoxy) is 4. The molecule has 0 spiro atoms. The summed E-state index contributed by atoms with van der Waals surface area (Å²) in [7, 11) is 1.64. The second-order valence-corrected chi connectivity index (χ2v) is 12.3. The number of methoxy groups -OCH3 is 1. The van der Waals surface area contributed by atoms with Crippen LogP contribution in [0.2, 0.25) is 0 Å². The van der Waals surface area contributed by atoms with E-state index in [4.69, 9.17) is 24.4 Å². The topological polar surface area (TPSA) is 105 Å². The SMILES string of the molecule is CCOC(=O)CN1CCN(c2cc(C(=O)CN3CC4=CCC(OCC)=C(OCC)C(F)=C4C3=N)cc(C(C)(C)C)c2OC)CC1. The summed E-state index contributed by atoms with van der Waals surface area (Å²) in [5.74, 6) is 0.0488. The fraction of sp³-hybridized carbons (Fsp3) is 0.559. The maximum absolute atomic E-state index is 15.8. The molecule has 11 heteroatoms. The molecule has 1 N–H and O–H groups in total. The zero-order valence-electron chi connectivity index (χ0n) is 27.7. The van der Waals surface area contributed by atoms with E-state index in [1.54, 1.807) is 25.9 Å². The summed E-state index contributed by atoms with van der Waals surface area (Å²) >= 11 is 0. The normalized spacial score (nSPS) is 17.7. The van der Waals surface area contributed by atoms with Crippen molar-refractivity contribution < 1.29 is 32.9 Å². The number of benzene rings is 1. The Balaban J connectivity index is 1.61. The monoisotopic (exact) mass is 626 g/mol. The van der Waals surface area contributed by atoms with E-state index in [1.165, 1.54) is 0 Å². The number of anilines is 1. The maximum Gasteiger partial charge on any atom is 0.320 e. The van der Waals surface area contributed by atoms with Gasteiger partial charge in [-0.05, 0) is 43.9 Å². The number of likely N-dealkylation sites (tertiary alicyclic amines) is 1. The Bertz CT molecular complexity index is 1400. The van der Waals surface area contributed by atoms with Gasteiger partial charge >= 0.3 is 5.97 Å². The first-order valence-corrected chi connectivity index (χ1v) is 15.7. The third kappa shape index (κ3) is 7.52. The van der Waals surface area contributed by atoms with Crippen molar-refractivity contribution in [1.82, 2.24) is 9.80 Å². The van der Waals surface area contributed by atoms with Crippen LogP contribution in [0.5, 0.6) is 5.75 Å². The van der Waals surface area contributed by atoms with Crippen molar-refractivity contribution in [2.24, 2.45) is 0 Å². The minimum Gasteiger partial charge on any atom is -0.494 e.